The minimum Gasteiger partial charge on any atom is -0.310 e. The molecule has 0 amide bonds. The van der Waals surface area contributed by atoms with Gasteiger partial charge in [-0.1, -0.05) is 27.7 Å². The largest absolute Gasteiger partial charge is 0.310 e. The molecule has 1 heterocycles. The van der Waals surface area contributed by atoms with Crippen LogP contribution in [0.15, 0.2) is 0 Å². The minimum absolute atomic E-state index is 0.507. The molecule has 116 valence electrons. The summed E-state index contributed by atoms with van der Waals surface area (Å²) in [4.78, 5) is 2.64. The summed E-state index contributed by atoms with van der Waals surface area (Å²) in [5.74, 6) is 0.963. The van der Waals surface area contributed by atoms with Gasteiger partial charge in [-0.2, -0.15) is 0 Å². The summed E-state index contributed by atoms with van der Waals surface area (Å²) in [6.45, 7) is 13.8. The van der Waals surface area contributed by atoms with E-state index in [1.807, 2.05) is 0 Å². The first-order valence-corrected chi connectivity index (χ1v) is 8.94. The SMILES string of the molecule is CCCN1CCC(NC2C(C)(C)[C@H]3CC[C@]2(C)C3)CC1. The molecule has 2 aliphatic carbocycles. The molecule has 1 N–H and O–H groups in total. The first-order chi connectivity index (χ1) is 9.45. The zero-order valence-corrected chi connectivity index (χ0v) is 14.0. The smallest absolute Gasteiger partial charge is 0.0177 e. The highest BCUT2D eigenvalue weighted by molar-refractivity contribution is 5.12. The van der Waals surface area contributed by atoms with E-state index in [9.17, 15) is 0 Å². The second-order valence-electron chi connectivity index (χ2n) is 8.63. The molecule has 0 aromatic carbocycles. The standard InChI is InChI=1S/C18H34N2/c1-5-10-20-11-7-15(8-12-20)19-16-17(2,3)14-6-9-18(16,4)13-14/h14-16,19H,5-13H2,1-4H3/t14-,16?,18+/m0/s1. The van der Waals surface area contributed by atoms with Crippen LogP contribution in [0, 0.1) is 16.7 Å². The minimum atomic E-state index is 0.507. The third-order valence-electron chi connectivity index (χ3n) is 6.80. The van der Waals surface area contributed by atoms with E-state index in [0.29, 0.717) is 10.8 Å². The molecular formula is C18H34N2. The van der Waals surface area contributed by atoms with Gasteiger partial charge in [0.05, 0.1) is 0 Å². The van der Waals surface area contributed by atoms with E-state index in [4.69, 9.17) is 0 Å². The van der Waals surface area contributed by atoms with Gasteiger partial charge in [0.1, 0.15) is 0 Å². The topological polar surface area (TPSA) is 15.3 Å². The van der Waals surface area contributed by atoms with Gasteiger partial charge in [0.15, 0.2) is 0 Å². The first kappa shape index (κ1) is 14.8. The highest BCUT2D eigenvalue weighted by Gasteiger charge is 2.59. The van der Waals surface area contributed by atoms with Crippen LogP contribution < -0.4 is 5.32 Å². The Kier molecular flexibility index (Phi) is 3.92. The maximum Gasteiger partial charge on any atom is 0.0177 e. The summed E-state index contributed by atoms with van der Waals surface area (Å²) < 4.78 is 0. The molecular weight excluding hydrogens is 244 g/mol. The summed E-state index contributed by atoms with van der Waals surface area (Å²) in [7, 11) is 0. The number of likely N-dealkylation sites (tertiary alicyclic amines) is 1. The molecule has 0 spiro atoms. The maximum atomic E-state index is 4.12. The van der Waals surface area contributed by atoms with Crippen LogP contribution in [-0.4, -0.2) is 36.6 Å². The van der Waals surface area contributed by atoms with Crippen LogP contribution in [0.2, 0.25) is 0 Å². The van der Waals surface area contributed by atoms with E-state index in [0.717, 1.165) is 18.0 Å². The van der Waals surface area contributed by atoms with Crippen molar-refractivity contribution in [1.82, 2.24) is 10.2 Å². The Morgan fingerprint density at radius 1 is 1.10 bits per heavy atom. The normalized spacial score (nSPS) is 41.4. The number of hydrogen-bond acceptors (Lipinski definition) is 2. The van der Waals surface area contributed by atoms with Gasteiger partial charge >= 0.3 is 0 Å². The average molecular weight is 278 g/mol. The van der Waals surface area contributed by atoms with Crippen LogP contribution in [0.3, 0.4) is 0 Å². The Morgan fingerprint density at radius 3 is 2.35 bits per heavy atom. The van der Waals surface area contributed by atoms with Crippen LogP contribution in [0.25, 0.3) is 0 Å². The Labute approximate surface area is 125 Å². The number of fused-ring (bicyclic) bond motifs is 2. The van der Waals surface area contributed by atoms with Gasteiger partial charge in [0.25, 0.3) is 0 Å². The molecule has 2 bridgehead atoms. The highest BCUT2D eigenvalue weighted by Crippen LogP contribution is 2.62. The third-order valence-corrected chi connectivity index (χ3v) is 6.80. The molecule has 3 atom stereocenters. The molecule has 3 fully saturated rings. The molecule has 20 heavy (non-hydrogen) atoms. The van der Waals surface area contributed by atoms with Gasteiger partial charge < -0.3 is 10.2 Å². The number of hydrogen-bond donors (Lipinski definition) is 1. The fraction of sp³-hybridized carbons (Fsp3) is 1.00. The molecule has 0 aromatic rings. The van der Waals surface area contributed by atoms with Crippen LogP contribution in [-0.2, 0) is 0 Å². The maximum absolute atomic E-state index is 4.12. The van der Waals surface area contributed by atoms with E-state index >= 15 is 0 Å². The van der Waals surface area contributed by atoms with Gasteiger partial charge in [-0.3, -0.25) is 0 Å². The lowest BCUT2D eigenvalue weighted by atomic mass is 9.68. The van der Waals surface area contributed by atoms with Crippen molar-refractivity contribution in [1.29, 1.82) is 0 Å². The second kappa shape index (κ2) is 5.28. The van der Waals surface area contributed by atoms with Crippen molar-refractivity contribution in [3.8, 4) is 0 Å². The van der Waals surface area contributed by atoms with E-state index in [-0.39, 0.29) is 0 Å². The molecule has 2 heteroatoms. The Morgan fingerprint density at radius 2 is 1.80 bits per heavy atom. The second-order valence-corrected chi connectivity index (χ2v) is 8.63. The van der Waals surface area contributed by atoms with E-state index < -0.39 is 0 Å². The zero-order chi connectivity index (χ0) is 14.4. The monoisotopic (exact) mass is 278 g/mol. The fourth-order valence-corrected chi connectivity index (χ4v) is 5.59. The van der Waals surface area contributed by atoms with Gasteiger partial charge in [-0.15, -0.1) is 0 Å². The van der Waals surface area contributed by atoms with Crippen molar-refractivity contribution in [2.45, 2.75) is 78.3 Å². The van der Waals surface area contributed by atoms with Crippen molar-refractivity contribution in [2.24, 2.45) is 16.7 Å². The van der Waals surface area contributed by atoms with E-state index in [1.165, 1.54) is 58.2 Å². The summed E-state index contributed by atoms with van der Waals surface area (Å²) in [5.41, 5.74) is 1.09. The predicted molar refractivity (Wildman–Crippen MR) is 85.9 cm³/mol. The summed E-state index contributed by atoms with van der Waals surface area (Å²) >= 11 is 0. The zero-order valence-electron chi connectivity index (χ0n) is 14.0. The highest BCUT2D eigenvalue weighted by atomic mass is 15.1. The van der Waals surface area contributed by atoms with E-state index in [2.05, 4.69) is 37.9 Å². The molecule has 2 saturated carbocycles. The number of nitrogens with zero attached hydrogens (tertiary/aromatic N) is 1. The molecule has 3 rings (SSSR count). The number of rotatable bonds is 4. The predicted octanol–water partition coefficient (Wildman–Crippen LogP) is 3.67. The average Bonchev–Trinajstić information content (AvgIpc) is 2.88. The summed E-state index contributed by atoms with van der Waals surface area (Å²) in [6, 6.07) is 1.51. The fourth-order valence-electron chi connectivity index (χ4n) is 5.59. The lowest BCUT2D eigenvalue weighted by molar-refractivity contribution is 0.0835. The molecule has 0 radical (unpaired) electrons. The van der Waals surface area contributed by atoms with Crippen molar-refractivity contribution >= 4 is 0 Å². The van der Waals surface area contributed by atoms with Crippen molar-refractivity contribution in [2.75, 3.05) is 19.6 Å². The molecule has 2 nitrogen and oxygen atoms in total. The Hall–Kier alpha value is -0.0800. The molecule has 3 aliphatic rings. The van der Waals surface area contributed by atoms with Gasteiger partial charge in [-0.25, -0.2) is 0 Å². The van der Waals surface area contributed by atoms with Gasteiger partial charge in [0, 0.05) is 12.1 Å². The summed E-state index contributed by atoms with van der Waals surface area (Å²) in [5, 5.41) is 4.12. The Balaban J connectivity index is 1.59. The lowest BCUT2D eigenvalue weighted by Crippen LogP contribution is -2.55. The summed E-state index contributed by atoms with van der Waals surface area (Å²) in [6.07, 6.45) is 8.39. The van der Waals surface area contributed by atoms with Crippen LogP contribution in [0.4, 0.5) is 0 Å². The van der Waals surface area contributed by atoms with E-state index in [1.54, 1.807) is 0 Å². The van der Waals surface area contributed by atoms with Crippen molar-refractivity contribution in [3.63, 3.8) is 0 Å². The molecule has 0 aromatic heterocycles. The number of piperidine rings is 1. The molecule has 1 saturated heterocycles. The van der Waals surface area contributed by atoms with Gasteiger partial charge in [0.2, 0.25) is 0 Å². The quantitative estimate of drug-likeness (QED) is 0.844. The number of nitrogens with one attached hydrogen (secondary N) is 1. The van der Waals surface area contributed by atoms with Crippen molar-refractivity contribution < 1.29 is 0 Å². The van der Waals surface area contributed by atoms with Crippen LogP contribution in [0.5, 0.6) is 0 Å². The van der Waals surface area contributed by atoms with Crippen LogP contribution in [0.1, 0.15) is 66.2 Å². The van der Waals surface area contributed by atoms with Gasteiger partial charge in [-0.05, 0) is 74.9 Å². The Bertz CT molecular complexity index is 339. The lowest BCUT2D eigenvalue weighted by Gasteiger charge is -2.46. The molecule has 1 aliphatic heterocycles. The third kappa shape index (κ3) is 2.43. The molecule has 1 unspecified atom stereocenters. The van der Waals surface area contributed by atoms with Crippen molar-refractivity contribution in [3.05, 3.63) is 0 Å². The van der Waals surface area contributed by atoms with Crippen LogP contribution >= 0.6 is 0 Å². The first-order valence-electron chi connectivity index (χ1n) is 8.94.